The fourth-order valence-electron chi connectivity index (χ4n) is 1.67. The van der Waals surface area contributed by atoms with Crippen molar-refractivity contribution in [3.63, 3.8) is 0 Å². The number of thioether (sulfide) groups is 1. The van der Waals surface area contributed by atoms with Gasteiger partial charge in [0.2, 0.25) is 0 Å². The molecule has 1 saturated carbocycles. The number of methoxy groups -OCH3 is 1. The molecule has 1 aliphatic carbocycles. The Kier molecular flexibility index (Phi) is 3.45. The van der Waals surface area contributed by atoms with Crippen LogP contribution in [0.15, 0.2) is 11.5 Å². The molecular formula is C9H13N3O3S. The second-order valence-electron chi connectivity index (χ2n) is 3.69. The molecule has 0 saturated heterocycles. The number of aliphatic carboxylic acids is 1. The van der Waals surface area contributed by atoms with E-state index in [9.17, 15) is 4.79 Å². The molecule has 0 atom stereocenters. The fraction of sp³-hybridized carbons (Fsp3) is 0.667. The minimum atomic E-state index is -0.845. The van der Waals surface area contributed by atoms with Gasteiger partial charge in [-0.15, -0.1) is 10.2 Å². The molecule has 1 fully saturated rings. The van der Waals surface area contributed by atoms with Crippen LogP contribution >= 0.6 is 11.8 Å². The van der Waals surface area contributed by atoms with Crippen LogP contribution < -0.4 is 0 Å². The Hall–Kier alpha value is -1.08. The number of ether oxygens (including phenoxy) is 1. The van der Waals surface area contributed by atoms with Gasteiger partial charge in [-0.05, 0) is 12.8 Å². The van der Waals surface area contributed by atoms with Gasteiger partial charge in [0.1, 0.15) is 6.33 Å². The summed E-state index contributed by atoms with van der Waals surface area (Å²) in [6.45, 7) is 0. The van der Waals surface area contributed by atoms with E-state index < -0.39 is 5.97 Å². The first-order valence-electron chi connectivity index (χ1n) is 4.97. The highest BCUT2D eigenvalue weighted by Gasteiger charge is 2.31. The number of carboxylic acids is 1. The van der Waals surface area contributed by atoms with Gasteiger partial charge >= 0.3 is 5.97 Å². The molecule has 0 unspecified atom stereocenters. The Labute approximate surface area is 97.0 Å². The van der Waals surface area contributed by atoms with Gasteiger partial charge < -0.3 is 14.4 Å². The van der Waals surface area contributed by atoms with Gasteiger partial charge in [0, 0.05) is 13.2 Å². The van der Waals surface area contributed by atoms with E-state index in [2.05, 4.69) is 10.2 Å². The molecule has 1 aromatic heterocycles. The number of carbonyl (C=O) groups is 1. The van der Waals surface area contributed by atoms with Gasteiger partial charge in [-0.1, -0.05) is 11.8 Å². The summed E-state index contributed by atoms with van der Waals surface area (Å²) >= 11 is 1.20. The SMILES string of the molecule is COC1CC(n2cnnc2SCC(=O)O)C1. The van der Waals surface area contributed by atoms with Crippen molar-refractivity contribution in [1.82, 2.24) is 14.8 Å². The smallest absolute Gasteiger partial charge is 0.313 e. The predicted octanol–water partition coefficient (Wildman–Crippen LogP) is 0.805. The second kappa shape index (κ2) is 4.84. The first kappa shape index (κ1) is 11.4. The van der Waals surface area contributed by atoms with Crippen LogP contribution in [0.25, 0.3) is 0 Å². The highest BCUT2D eigenvalue weighted by Crippen LogP contribution is 2.36. The van der Waals surface area contributed by atoms with E-state index in [0.717, 1.165) is 12.8 Å². The van der Waals surface area contributed by atoms with Crippen molar-refractivity contribution in [2.45, 2.75) is 30.1 Å². The van der Waals surface area contributed by atoms with Crippen LogP contribution in [0.4, 0.5) is 0 Å². The van der Waals surface area contributed by atoms with E-state index in [1.807, 2.05) is 4.57 Å². The highest BCUT2D eigenvalue weighted by atomic mass is 32.2. The average Bonchev–Trinajstić information content (AvgIpc) is 2.61. The van der Waals surface area contributed by atoms with E-state index >= 15 is 0 Å². The fourth-order valence-corrected chi connectivity index (χ4v) is 2.37. The molecule has 0 spiro atoms. The summed E-state index contributed by atoms with van der Waals surface area (Å²) in [5.74, 6) is -0.831. The van der Waals surface area contributed by atoms with Crippen molar-refractivity contribution in [3.8, 4) is 0 Å². The summed E-state index contributed by atoms with van der Waals surface area (Å²) in [6, 6.07) is 0.344. The first-order chi connectivity index (χ1) is 7.70. The Morgan fingerprint density at radius 2 is 2.50 bits per heavy atom. The lowest BCUT2D eigenvalue weighted by Crippen LogP contribution is -2.32. The first-order valence-corrected chi connectivity index (χ1v) is 5.96. The van der Waals surface area contributed by atoms with Crippen LogP contribution in [0.3, 0.4) is 0 Å². The standard InChI is InChI=1S/C9H13N3O3S/c1-15-7-2-6(3-7)12-5-10-11-9(12)16-4-8(13)14/h5-7H,2-4H2,1H3,(H,13,14). The summed E-state index contributed by atoms with van der Waals surface area (Å²) in [7, 11) is 1.70. The molecule has 0 radical (unpaired) electrons. The molecule has 0 bridgehead atoms. The van der Waals surface area contributed by atoms with E-state index in [1.165, 1.54) is 11.8 Å². The van der Waals surface area contributed by atoms with E-state index in [1.54, 1.807) is 13.4 Å². The van der Waals surface area contributed by atoms with E-state index in [4.69, 9.17) is 9.84 Å². The van der Waals surface area contributed by atoms with Crippen LogP contribution in [0.2, 0.25) is 0 Å². The highest BCUT2D eigenvalue weighted by molar-refractivity contribution is 7.99. The lowest BCUT2D eigenvalue weighted by Gasteiger charge is -2.35. The van der Waals surface area contributed by atoms with Gasteiger partial charge in [0.15, 0.2) is 5.16 Å². The minimum absolute atomic E-state index is 0.0130. The number of nitrogens with zero attached hydrogens (tertiary/aromatic N) is 3. The summed E-state index contributed by atoms with van der Waals surface area (Å²) in [5, 5.41) is 17.0. The molecule has 6 nitrogen and oxygen atoms in total. The van der Waals surface area contributed by atoms with E-state index in [-0.39, 0.29) is 5.75 Å². The maximum Gasteiger partial charge on any atom is 0.313 e. The lowest BCUT2D eigenvalue weighted by molar-refractivity contribution is -0.133. The third kappa shape index (κ3) is 2.35. The Morgan fingerprint density at radius 1 is 1.75 bits per heavy atom. The molecule has 0 aliphatic heterocycles. The topological polar surface area (TPSA) is 77.2 Å². The third-order valence-electron chi connectivity index (χ3n) is 2.66. The van der Waals surface area contributed by atoms with Gasteiger partial charge in [-0.3, -0.25) is 4.79 Å². The van der Waals surface area contributed by atoms with Crippen LogP contribution in [0, 0.1) is 0 Å². The third-order valence-corrected chi connectivity index (χ3v) is 3.60. The van der Waals surface area contributed by atoms with Gasteiger partial charge in [-0.25, -0.2) is 0 Å². The molecule has 0 amide bonds. The zero-order chi connectivity index (χ0) is 11.5. The molecule has 1 heterocycles. The molecule has 88 valence electrons. The Balaban J connectivity index is 1.95. The molecule has 2 rings (SSSR count). The summed E-state index contributed by atoms with van der Waals surface area (Å²) in [4.78, 5) is 10.5. The van der Waals surface area contributed by atoms with Crippen LogP contribution in [-0.2, 0) is 9.53 Å². The molecule has 0 aromatic carbocycles. The van der Waals surface area contributed by atoms with Crippen molar-refractivity contribution in [2.24, 2.45) is 0 Å². The lowest BCUT2D eigenvalue weighted by atomic mass is 9.89. The van der Waals surface area contributed by atoms with Crippen LogP contribution in [0.1, 0.15) is 18.9 Å². The summed E-state index contributed by atoms with van der Waals surface area (Å²) in [6.07, 6.45) is 3.84. The normalized spacial score (nSPS) is 24.1. The Morgan fingerprint density at radius 3 is 3.12 bits per heavy atom. The van der Waals surface area contributed by atoms with Crippen LogP contribution in [-0.4, -0.2) is 44.8 Å². The zero-order valence-electron chi connectivity index (χ0n) is 8.87. The molecule has 7 heteroatoms. The van der Waals surface area contributed by atoms with Gasteiger partial charge in [0.25, 0.3) is 0 Å². The molecule has 1 aliphatic rings. The molecule has 1 N–H and O–H groups in total. The summed E-state index contributed by atoms with van der Waals surface area (Å²) < 4.78 is 7.13. The van der Waals surface area contributed by atoms with Crippen molar-refractivity contribution >= 4 is 17.7 Å². The van der Waals surface area contributed by atoms with Gasteiger partial charge in [-0.2, -0.15) is 0 Å². The van der Waals surface area contributed by atoms with Gasteiger partial charge in [0.05, 0.1) is 11.9 Å². The second-order valence-corrected chi connectivity index (χ2v) is 4.63. The molecular weight excluding hydrogens is 230 g/mol. The quantitative estimate of drug-likeness (QED) is 0.771. The number of carboxylic acid groups (broad SMARTS) is 1. The minimum Gasteiger partial charge on any atom is -0.481 e. The number of rotatable bonds is 5. The predicted molar refractivity (Wildman–Crippen MR) is 57.4 cm³/mol. The molecule has 1 aromatic rings. The van der Waals surface area contributed by atoms with Crippen molar-refractivity contribution in [1.29, 1.82) is 0 Å². The number of aromatic nitrogens is 3. The number of hydrogen-bond acceptors (Lipinski definition) is 5. The van der Waals surface area contributed by atoms with Crippen LogP contribution in [0.5, 0.6) is 0 Å². The van der Waals surface area contributed by atoms with Crippen molar-refractivity contribution < 1.29 is 14.6 Å². The van der Waals surface area contributed by atoms with Crippen molar-refractivity contribution in [2.75, 3.05) is 12.9 Å². The number of hydrogen-bond donors (Lipinski definition) is 1. The maximum atomic E-state index is 10.5. The van der Waals surface area contributed by atoms with Crippen molar-refractivity contribution in [3.05, 3.63) is 6.33 Å². The monoisotopic (exact) mass is 243 g/mol. The largest absolute Gasteiger partial charge is 0.481 e. The Bertz CT molecular complexity index is 376. The zero-order valence-corrected chi connectivity index (χ0v) is 9.68. The summed E-state index contributed by atoms with van der Waals surface area (Å²) in [5.41, 5.74) is 0. The maximum absolute atomic E-state index is 10.5. The molecule has 16 heavy (non-hydrogen) atoms. The van der Waals surface area contributed by atoms with E-state index in [0.29, 0.717) is 17.3 Å². The average molecular weight is 243 g/mol.